The van der Waals surface area contributed by atoms with E-state index in [1.165, 1.54) is 36.6 Å². The Balaban J connectivity index is 1.89. The molecule has 0 atom stereocenters. The fourth-order valence-electron chi connectivity index (χ4n) is 2.63. The first-order valence-electron chi connectivity index (χ1n) is 8.85. The molecule has 152 valence electrons. The van der Waals surface area contributed by atoms with E-state index >= 15 is 0 Å². The highest BCUT2D eigenvalue weighted by atomic mass is 32.2. The number of ether oxygens (including phenoxy) is 1. The molecule has 0 aliphatic carbocycles. The van der Waals surface area contributed by atoms with Gasteiger partial charge in [-0.1, -0.05) is 19.1 Å². The number of amides is 1. The molecule has 1 aromatic heterocycles. The molecule has 29 heavy (non-hydrogen) atoms. The van der Waals surface area contributed by atoms with Crippen LogP contribution in [0.2, 0.25) is 0 Å². The first-order chi connectivity index (χ1) is 13.8. The summed E-state index contributed by atoms with van der Waals surface area (Å²) in [6.07, 6.45) is 0.858. The lowest BCUT2D eigenvalue weighted by Gasteiger charge is -2.13. The number of sulfonamides is 1. The van der Waals surface area contributed by atoms with Gasteiger partial charge in [0.2, 0.25) is 0 Å². The molecule has 0 bridgehead atoms. The number of nitrogens with one attached hydrogen (secondary N) is 2. The van der Waals surface area contributed by atoms with Crippen LogP contribution in [-0.2, 0) is 16.4 Å². The van der Waals surface area contributed by atoms with Crippen molar-refractivity contribution in [2.24, 2.45) is 0 Å². The van der Waals surface area contributed by atoms with Crippen LogP contribution in [0.5, 0.6) is 5.75 Å². The van der Waals surface area contributed by atoms with Crippen LogP contribution in [0.25, 0.3) is 0 Å². The molecule has 1 heterocycles. The molecular formula is C20H21N3O4S2. The molecule has 0 aliphatic heterocycles. The summed E-state index contributed by atoms with van der Waals surface area (Å²) < 4.78 is 33.6. The summed E-state index contributed by atoms with van der Waals surface area (Å²) in [4.78, 5) is 16.6. The Hall–Kier alpha value is -2.91. The van der Waals surface area contributed by atoms with Crippen LogP contribution in [0.15, 0.2) is 52.7 Å². The van der Waals surface area contributed by atoms with E-state index in [1.807, 2.05) is 31.4 Å². The Labute approximate surface area is 173 Å². The summed E-state index contributed by atoms with van der Waals surface area (Å²) in [7, 11) is -2.59. The number of hydrogen-bond acceptors (Lipinski definition) is 6. The highest BCUT2D eigenvalue weighted by Crippen LogP contribution is 2.28. The average molecular weight is 432 g/mol. The van der Waals surface area contributed by atoms with Crippen molar-refractivity contribution in [2.45, 2.75) is 25.2 Å². The quantitative estimate of drug-likeness (QED) is 0.588. The maximum atomic E-state index is 12.9. The number of hydrogen-bond donors (Lipinski definition) is 2. The number of aromatic nitrogens is 1. The van der Waals surface area contributed by atoms with Gasteiger partial charge >= 0.3 is 0 Å². The zero-order valence-electron chi connectivity index (χ0n) is 16.2. The molecule has 0 spiro atoms. The van der Waals surface area contributed by atoms with Crippen molar-refractivity contribution in [3.63, 3.8) is 0 Å². The van der Waals surface area contributed by atoms with Gasteiger partial charge in [0.25, 0.3) is 15.9 Å². The standard InChI is InChI=1S/C20H21N3O4S2/c1-4-14-5-8-16(9-6-14)23-29(25,26)18-11-15(7-10-17(18)27-3)19(24)22-20-21-13(2)12-28-20/h5-12,23H,4H2,1-3H3,(H,21,22,24). The molecule has 0 radical (unpaired) electrons. The summed E-state index contributed by atoms with van der Waals surface area (Å²) in [5, 5.41) is 4.93. The predicted molar refractivity (Wildman–Crippen MR) is 114 cm³/mol. The molecule has 2 aromatic carbocycles. The third-order valence-corrected chi connectivity index (χ3v) is 6.45. The molecule has 0 unspecified atom stereocenters. The number of nitrogens with zero attached hydrogens (tertiary/aromatic N) is 1. The summed E-state index contributed by atoms with van der Waals surface area (Å²) in [5.74, 6) is -0.310. The minimum Gasteiger partial charge on any atom is -0.495 e. The van der Waals surface area contributed by atoms with Gasteiger partial charge in [-0.3, -0.25) is 14.8 Å². The third kappa shape index (κ3) is 4.93. The average Bonchev–Trinajstić information content (AvgIpc) is 3.12. The first kappa shape index (κ1) is 20.8. The zero-order valence-corrected chi connectivity index (χ0v) is 17.9. The number of methoxy groups -OCH3 is 1. The van der Waals surface area contributed by atoms with Crippen molar-refractivity contribution >= 4 is 38.1 Å². The topological polar surface area (TPSA) is 97.4 Å². The summed E-state index contributed by atoms with van der Waals surface area (Å²) in [6.45, 7) is 3.84. The lowest BCUT2D eigenvalue weighted by atomic mass is 10.2. The number of aryl methyl sites for hydroxylation is 2. The maximum absolute atomic E-state index is 12.9. The van der Waals surface area contributed by atoms with Gasteiger partial charge < -0.3 is 4.74 Å². The minimum absolute atomic E-state index is 0.123. The molecule has 2 N–H and O–H groups in total. The molecule has 1 amide bonds. The molecule has 9 heteroatoms. The smallest absolute Gasteiger partial charge is 0.265 e. The Bertz CT molecular complexity index is 1120. The fraction of sp³-hybridized carbons (Fsp3) is 0.200. The Kier molecular flexibility index (Phi) is 6.19. The summed E-state index contributed by atoms with van der Waals surface area (Å²) in [6, 6.07) is 11.4. The van der Waals surface area contributed by atoms with Crippen LogP contribution in [0, 0.1) is 6.92 Å². The van der Waals surface area contributed by atoms with E-state index < -0.39 is 15.9 Å². The Morgan fingerprint density at radius 1 is 1.17 bits per heavy atom. The highest BCUT2D eigenvalue weighted by molar-refractivity contribution is 7.92. The van der Waals surface area contributed by atoms with E-state index in [1.54, 1.807) is 12.1 Å². The van der Waals surface area contributed by atoms with E-state index in [-0.39, 0.29) is 16.2 Å². The van der Waals surface area contributed by atoms with E-state index in [0.29, 0.717) is 10.8 Å². The van der Waals surface area contributed by atoms with Gasteiger partial charge in [-0.2, -0.15) is 0 Å². The molecule has 7 nitrogen and oxygen atoms in total. The second-order valence-corrected chi connectivity index (χ2v) is 8.78. The summed E-state index contributed by atoms with van der Waals surface area (Å²) in [5.41, 5.74) is 2.50. The van der Waals surface area contributed by atoms with Gasteiger partial charge in [0.05, 0.1) is 12.8 Å². The SMILES string of the molecule is CCc1ccc(NS(=O)(=O)c2cc(C(=O)Nc3nc(C)cs3)ccc2OC)cc1. The third-order valence-electron chi connectivity index (χ3n) is 4.17. The molecule has 0 aliphatic rings. The Morgan fingerprint density at radius 3 is 2.48 bits per heavy atom. The lowest BCUT2D eigenvalue weighted by molar-refractivity contribution is 0.102. The fourth-order valence-corrected chi connectivity index (χ4v) is 4.57. The zero-order chi connectivity index (χ0) is 21.0. The van der Waals surface area contributed by atoms with E-state index in [9.17, 15) is 13.2 Å². The number of carbonyl (C=O) groups is 1. The molecule has 3 rings (SSSR count). The molecule has 0 fully saturated rings. The van der Waals surface area contributed by atoms with Crippen LogP contribution in [-0.4, -0.2) is 26.4 Å². The molecule has 0 saturated carbocycles. The van der Waals surface area contributed by atoms with Crippen molar-refractivity contribution in [1.29, 1.82) is 0 Å². The number of rotatable bonds is 7. The van der Waals surface area contributed by atoms with Gasteiger partial charge in [-0.05, 0) is 49.2 Å². The van der Waals surface area contributed by atoms with E-state index in [2.05, 4.69) is 15.0 Å². The highest BCUT2D eigenvalue weighted by Gasteiger charge is 2.22. The van der Waals surface area contributed by atoms with Crippen molar-refractivity contribution < 1.29 is 17.9 Å². The van der Waals surface area contributed by atoms with Gasteiger partial charge in [0, 0.05) is 16.6 Å². The van der Waals surface area contributed by atoms with Crippen LogP contribution < -0.4 is 14.8 Å². The minimum atomic E-state index is -3.97. The number of anilines is 2. The lowest BCUT2D eigenvalue weighted by Crippen LogP contribution is -2.17. The van der Waals surface area contributed by atoms with Gasteiger partial charge in [-0.25, -0.2) is 13.4 Å². The predicted octanol–water partition coefficient (Wildman–Crippen LogP) is 4.08. The van der Waals surface area contributed by atoms with Gasteiger partial charge in [-0.15, -0.1) is 11.3 Å². The normalized spacial score (nSPS) is 11.1. The number of carbonyl (C=O) groups excluding carboxylic acids is 1. The van der Waals surface area contributed by atoms with Gasteiger partial charge in [0.1, 0.15) is 10.6 Å². The first-order valence-corrected chi connectivity index (χ1v) is 11.2. The van der Waals surface area contributed by atoms with Crippen molar-refractivity contribution in [3.8, 4) is 5.75 Å². The van der Waals surface area contributed by atoms with E-state index in [0.717, 1.165) is 17.7 Å². The largest absolute Gasteiger partial charge is 0.495 e. The van der Waals surface area contributed by atoms with Gasteiger partial charge in [0.15, 0.2) is 5.13 Å². The second-order valence-electron chi connectivity index (χ2n) is 6.27. The second kappa shape index (κ2) is 8.62. The molecule has 3 aromatic rings. The van der Waals surface area contributed by atoms with Crippen LogP contribution in [0.1, 0.15) is 28.5 Å². The number of benzene rings is 2. The van der Waals surface area contributed by atoms with Crippen LogP contribution in [0.4, 0.5) is 10.8 Å². The van der Waals surface area contributed by atoms with Crippen LogP contribution in [0.3, 0.4) is 0 Å². The van der Waals surface area contributed by atoms with Crippen molar-refractivity contribution in [3.05, 3.63) is 64.7 Å². The monoisotopic (exact) mass is 431 g/mol. The molecule has 0 saturated heterocycles. The van der Waals surface area contributed by atoms with Crippen LogP contribution >= 0.6 is 11.3 Å². The van der Waals surface area contributed by atoms with E-state index in [4.69, 9.17) is 4.74 Å². The Morgan fingerprint density at radius 2 is 1.90 bits per heavy atom. The maximum Gasteiger partial charge on any atom is 0.265 e. The van der Waals surface area contributed by atoms with Crippen molar-refractivity contribution in [1.82, 2.24) is 4.98 Å². The summed E-state index contributed by atoms with van der Waals surface area (Å²) >= 11 is 1.30. The number of thiazole rings is 1. The van der Waals surface area contributed by atoms with Crippen molar-refractivity contribution in [2.75, 3.05) is 17.1 Å². The molecular weight excluding hydrogens is 410 g/mol.